The molecule has 206 valence electrons. The summed E-state index contributed by atoms with van der Waals surface area (Å²) < 4.78 is 24.9. The normalized spacial score (nSPS) is 21.9. The third kappa shape index (κ3) is 6.91. The number of hydrogen-bond donors (Lipinski definition) is 2. The number of carbonyl (C=O) groups is 1. The number of nitrogens with zero attached hydrogens (tertiary/aromatic N) is 3. The molecule has 3 aromatic rings. The molecule has 3 heterocycles. The molecule has 2 aliphatic heterocycles. The van der Waals surface area contributed by atoms with Crippen LogP contribution < -0.4 is 15.4 Å². The molecule has 6 rings (SSSR count). The van der Waals surface area contributed by atoms with Crippen LogP contribution in [0.4, 0.5) is 21.6 Å². The number of halogens is 1. The minimum absolute atomic E-state index is 0.269. The number of hydrogen-bond acceptors (Lipinski definition) is 7. The SMILES string of the molecule is C/C=C/CN1CC2CC2C1.Cc1cc(Nc2ncnc3cc(OCC4CCOC4)c(NC=O)cc23)ccc1F. The molecule has 1 aliphatic carbocycles. The largest absolute Gasteiger partial charge is 0.491 e. The number of rotatable bonds is 9. The summed E-state index contributed by atoms with van der Waals surface area (Å²) in [5.74, 6) is 3.33. The number of piperidine rings is 1. The first-order valence-electron chi connectivity index (χ1n) is 13.6. The van der Waals surface area contributed by atoms with Gasteiger partial charge in [0.2, 0.25) is 6.41 Å². The highest BCUT2D eigenvalue weighted by Gasteiger charge is 2.44. The van der Waals surface area contributed by atoms with E-state index in [1.165, 1.54) is 38.4 Å². The topological polar surface area (TPSA) is 88.6 Å². The van der Waals surface area contributed by atoms with E-state index in [9.17, 15) is 9.18 Å². The summed E-state index contributed by atoms with van der Waals surface area (Å²) >= 11 is 0. The standard InChI is InChI=1S/C21H21FN4O3.C9H15N/c1-13-6-15(2-3-17(13)22)26-21-16-7-19(25-12-27)20(8-18(16)23-11-24-21)29-10-14-4-5-28-9-14;1-2-3-4-10-6-8-5-9(8)7-10/h2-3,6-8,11-12,14H,4-5,9-10H2,1H3,(H,25,27)(H,23,24,26);2-3,8-9H,4-7H2,1H3/b;3-2+. The third-order valence-corrected chi connectivity index (χ3v) is 7.52. The maximum absolute atomic E-state index is 13.5. The number of aryl methyl sites for hydroxylation is 1. The van der Waals surface area contributed by atoms with Gasteiger partial charge in [0.25, 0.3) is 0 Å². The number of benzene rings is 2. The van der Waals surface area contributed by atoms with Crippen molar-refractivity contribution in [1.29, 1.82) is 0 Å². The average Bonchev–Trinajstić information content (AvgIpc) is 3.28. The predicted octanol–water partition coefficient (Wildman–Crippen LogP) is 5.32. The van der Waals surface area contributed by atoms with E-state index < -0.39 is 0 Å². The molecular weight excluding hydrogens is 497 g/mol. The number of ether oxygens (including phenoxy) is 2. The van der Waals surface area contributed by atoms with Gasteiger partial charge in [-0.25, -0.2) is 14.4 Å². The van der Waals surface area contributed by atoms with Crippen LogP contribution in [0.3, 0.4) is 0 Å². The van der Waals surface area contributed by atoms with Crippen molar-refractivity contribution in [2.24, 2.45) is 17.8 Å². The second kappa shape index (κ2) is 12.5. The number of carbonyl (C=O) groups excluding carboxylic acids is 1. The van der Waals surface area contributed by atoms with E-state index in [0.717, 1.165) is 24.9 Å². The summed E-state index contributed by atoms with van der Waals surface area (Å²) in [6.45, 7) is 9.64. The number of allylic oxidation sites excluding steroid dienone is 1. The molecule has 8 nitrogen and oxygen atoms in total. The van der Waals surface area contributed by atoms with Gasteiger partial charge in [-0.15, -0.1) is 0 Å². The third-order valence-electron chi connectivity index (χ3n) is 7.52. The lowest BCUT2D eigenvalue weighted by Crippen LogP contribution is -2.22. The molecular formula is C30H36FN5O3. The van der Waals surface area contributed by atoms with Gasteiger partial charge in [-0.1, -0.05) is 12.2 Å². The first kappa shape index (κ1) is 27.0. The van der Waals surface area contributed by atoms with Gasteiger partial charge in [-0.2, -0.15) is 0 Å². The van der Waals surface area contributed by atoms with E-state index in [4.69, 9.17) is 9.47 Å². The predicted molar refractivity (Wildman–Crippen MR) is 151 cm³/mol. The number of fused-ring (bicyclic) bond motifs is 2. The number of nitrogens with one attached hydrogen (secondary N) is 2. The fourth-order valence-corrected chi connectivity index (χ4v) is 5.16. The van der Waals surface area contributed by atoms with Crippen molar-refractivity contribution in [3.05, 3.63) is 60.2 Å². The van der Waals surface area contributed by atoms with Crippen LogP contribution in [0.1, 0.15) is 25.3 Å². The molecule has 1 amide bonds. The van der Waals surface area contributed by atoms with E-state index in [0.29, 0.717) is 65.0 Å². The quantitative estimate of drug-likeness (QED) is 0.284. The van der Waals surface area contributed by atoms with E-state index >= 15 is 0 Å². The zero-order valence-electron chi connectivity index (χ0n) is 22.5. The van der Waals surface area contributed by atoms with Crippen molar-refractivity contribution < 1.29 is 18.7 Å². The van der Waals surface area contributed by atoms with Crippen molar-refractivity contribution in [3.8, 4) is 5.75 Å². The van der Waals surface area contributed by atoms with Gasteiger partial charge in [0.05, 0.1) is 24.4 Å². The molecule has 3 unspecified atom stereocenters. The van der Waals surface area contributed by atoms with Gasteiger partial charge in [0.15, 0.2) is 0 Å². The van der Waals surface area contributed by atoms with Gasteiger partial charge < -0.3 is 20.1 Å². The van der Waals surface area contributed by atoms with E-state index in [1.807, 2.05) is 0 Å². The first-order valence-corrected chi connectivity index (χ1v) is 13.6. The Kier molecular flexibility index (Phi) is 8.68. The lowest BCUT2D eigenvalue weighted by molar-refractivity contribution is -0.105. The molecule has 1 aromatic heterocycles. The molecule has 0 bridgehead atoms. The van der Waals surface area contributed by atoms with Gasteiger partial charge in [0, 0.05) is 49.3 Å². The monoisotopic (exact) mass is 533 g/mol. The van der Waals surface area contributed by atoms with E-state index in [1.54, 1.807) is 31.2 Å². The second-order valence-electron chi connectivity index (χ2n) is 10.5. The number of aromatic nitrogens is 2. The first-order chi connectivity index (χ1) is 19.0. The molecule has 2 saturated heterocycles. The Morgan fingerprint density at radius 2 is 2.05 bits per heavy atom. The highest BCUT2D eigenvalue weighted by molar-refractivity contribution is 5.96. The van der Waals surface area contributed by atoms with Crippen molar-refractivity contribution in [1.82, 2.24) is 14.9 Å². The summed E-state index contributed by atoms with van der Waals surface area (Å²) in [6.07, 6.45) is 8.92. The molecule has 2 aromatic carbocycles. The Morgan fingerprint density at radius 1 is 1.21 bits per heavy atom. The Labute approximate surface area is 228 Å². The summed E-state index contributed by atoms with van der Waals surface area (Å²) in [5, 5.41) is 6.57. The van der Waals surface area contributed by atoms with Crippen molar-refractivity contribution >= 4 is 34.5 Å². The van der Waals surface area contributed by atoms with Crippen LogP contribution in [0, 0.1) is 30.5 Å². The fraction of sp³-hybridized carbons (Fsp3) is 0.433. The molecule has 3 fully saturated rings. The summed E-state index contributed by atoms with van der Waals surface area (Å²) in [7, 11) is 0. The van der Waals surface area contributed by atoms with Crippen LogP contribution in [0.5, 0.6) is 5.75 Å². The van der Waals surface area contributed by atoms with Crippen LogP contribution in [0.2, 0.25) is 0 Å². The number of anilines is 3. The molecule has 3 atom stereocenters. The highest BCUT2D eigenvalue weighted by atomic mass is 19.1. The maximum Gasteiger partial charge on any atom is 0.211 e. The van der Waals surface area contributed by atoms with Crippen LogP contribution in [-0.2, 0) is 9.53 Å². The van der Waals surface area contributed by atoms with Crippen LogP contribution in [0.15, 0.2) is 48.8 Å². The van der Waals surface area contributed by atoms with Crippen molar-refractivity contribution in [2.45, 2.75) is 26.7 Å². The van der Waals surface area contributed by atoms with Gasteiger partial charge in [-0.05, 0) is 68.4 Å². The number of amides is 1. The molecule has 0 radical (unpaired) electrons. The zero-order chi connectivity index (χ0) is 27.2. The van der Waals surface area contributed by atoms with Gasteiger partial charge in [-0.3, -0.25) is 9.69 Å². The number of likely N-dealkylation sites (tertiary alicyclic amines) is 1. The Balaban J connectivity index is 0.000000257. The Hall–Kier alpha value is -3.56. The van der Waals surface area contributed by atoms with Crippen molar-refractivity contribution in [2.75, 3.05) is 50.1 Å². The molecule has 1 saturated carbocycles. The maximum atomic E-state index is 13.5. The lowest BCUT2D eigenvalue weighted by Gasteiger charge is -2.16. The molecule has 3 aliphatic rings. The second-order valence-corrected chi connectivity index (χ2v) is 10.5. The Bertz CT molecular complexity index is 1320. The highest BCUT2D eigenvalue weighted by Crippen LogP contribution is 2.44. The molecule has 2 N–H and O–H groups in total. The summed E-state index contributed by atoms with van der Waals surface area (Å²) in [6, 6.07) is 8.29. The molecule has 0 spiro atoms. The lowest BCUT2D eigenvalue weighted by atomic mass is 10.1. The Morgan fingerprint density at radius 3 is 2.77 bits per heavy atom. The summed E-state index contributed by atoms with van der Waals surface area (Å²) in [4.78, 5) is 22.3. The minimum atomic E-state index is -0.269. The van der Waals surface area contributed by atoms with Gasteiger partial charge >= 0.3 is 0 Å². The summed E-state index contributed by atoms with van der Waals surface area (Å²) in [5.41, 5.74) is 2.42. The minimum Gasteiger partial charge on any atom is -0.491 e. The van der Waals surface area contributed by atoms with Gasteiger partial charge in [0.1, 0.15) is 23.7 Å². The van der Waals surface area contributed by atoms with Crippen molar-refractivity contribution in [3.63, 3.8) is 0 Å². The molecule has 39 heavy (non-hydrogen) atoms. The van der Waals surface area contributed by atoms with E-state index in [-0.39, 0.29) is 5.82 Å². The van der Waals surface area contributed by atoms with Crippen LogP contribution >= 0.6 is 0 Å². The fourth-order valence-electron chi connectivity index (χ4n) is 5.16. The van der Waals surface area contributed by atoms with E-state index in [2.05, 4.69) is 44.6 Å². The van der Waals surface area contributed by atoms with Crippen LogP contribution in [0.25, 0.3) is 10.9 Å². The smallest absolute Gasteiger partial charge is 0.211 e. The molecule has 9 heteroatoms. The average molecular weight is 534 g/mol. The zero-order valence-corrected chi connectivity index (χ0v) is 22.5. The van der Waals surface area contributed by atoms with Crippen LogP contribution in [-0.4, -0.2) is 60.7 Å².